The van der Waals surface area contributed by atoms with Crippen LogP contribution < -0.4 is 15.5 Å². The third-order valence-corrected chi connectivity index (χ3v) is 3.73. The Hall–Kier alpha value is -3.46. The molecule has 9 nitrogen and oxygen atoms in total. The quantitative estimate of drug-likeness (QED) is 0.397. The molecule has 2 rings (SSSR count). The highest BCUT2D eigenvalue weighted by Gasteiger charge is 2.12. The lowest BCUT2D eigenvalue weighted by atomic mass is 10.2. The van der Waals surface area contributed by atoms with Gasteiger partial charge in [-0.05, 0) is 37.3 Å². The van der Waals surface area contributed by atoms with E-state index in [0.29, 0.717) is 23.5 Å². The number of carbonyl (C=O) groups excluding carboxylic acids is 2. The molecule has 2 aromatic rings. The van der Waals surface area contributed by atoms with Gasteiger partial charge >= 0.3 is 0 Å². The van der Waals surface area contributed by atoms with Crippen LogP contribution in [0.3, 0.4) is 0 Å². The number of rotatable bonds is 8. The first-order chi connectivity index (χ1) is 13.4. The number of ether oxygens (including phenoxy) is 1. The third-order valence-electron chi connectivity index (χ3n) is 3.41. The Bertz CT molecular complexity index is 899. The highest BCUT2D eigenvalue weighted by molar-refractivity contribution is 6.32. The molecule has 0 saturated heterocycles. The van der Waals surface area contributed by atoms with Crippen LogP contribution in [0.2, 0.25) is 5.02 Å². The van der Waals surface area contributed by atoms with Gasteiger partial charge in [-0.3, -0.25) is 19.7 Å². The first kappa shape index (κ1) is 20.8. The average molecular weight is 405 g/mol. The summed E-state index contributed by atoms with van der Waals surface area (Å²) in [7, 11) is 0. The molecule has 0 radical (unpaired) electrons. The second-order valence-electron chi connectivity index (χ2n) is 5.40. The first-order valence-corrected chi connectivity index (χ1v) is 8.55. The van der Waals surface area contributed by atoms with E-state index >= 15 is 0 Å². The minimum absolute atomic E-state index is 0.00295. The zero-order valence-corrected chi connectivity index (χ0v) is 15.6. The summed E-state index contributed by atoms with van der Waals surface area (Å²) in [5.74, 6) is -0.330. The summed E-state index contributed by atoms with van der Waals surface area (Å²) in [6, 6.07) is 10.6. The van der Waals surface area contributed by atoms with Gasteiger partial charge in [0.2, 0.25) is 0 Å². The molecular formula is C18H17ClN4O5. The first-order valence-electron chi connectivity index (χ1n) is 8.17. The summed E-state index contributed by atoms with van der Waals surface area (Å²) in [4.78, 5) is 34.0. The van der Waals surface area contributed by atoms with Crippen molar-refractivity contribution < 1.29 is 19.2 Å². The van der Waals surface area contributed by atoms with Crippen LogP contribution in [0.5, 0.6) is 5.75 Å². The molecule has 28 heavy (non-hydrogen) atoms. The number of amides is 2. The number of hydrogen-bond donors (Lipinski definition) is 2. The van der Waals surface area contributed by atoms with Crippen LogP contribution >= 0.6 is 11.6 Å². The third kappa shape index (κ3) is 6.06. The maximum Gasteiger partial charge on any atom is 0.288 e. The van der Waals surface area contributed by atoms with Crippen molar-refractivity contribution in [2.75, 3.05) is 13.2 Å². The van der Waals surface area contributed by atoms with Crippen molar-refractivity contribution in [3.05, 3.63) is 68.7 Å². The summed E-state index contributed by atoms with van der Waals surface area (Å²) in [5, 5.41) is 17.0. The Kier molecular flexibility index (Phi) is 7.46. The van der Waals surface area contributed by atoms with Crippen molar-refractivity contribution >= 4 is 35.3 Å². The summed E-state index contributed by atoms with van der Waals surface area (Å²) in [6.07, 6.45) is 1.23. The lowest BCUT2D eigenvalue weighted by Crippen LogP contribution is -2.34. The topological polar surface area (TPSA) is 123 Å². The van der Waals surface area contributed by atoms with Gasteiger partial charge in [0.05, 0.1) is 24.3 Å². The van der Waals surface area contributed by atoms with E-state index in [1.165, 1.54) is 24.4 Å². The van der Waals surface area contributed by atoms with Crippen LogP contribution in [0.15, 0.2) is 47.6 Å². The van der Waals surface area contributed by atoms with Crippen molar-refractivity contribution in [2.45, 2.75) is 6.92 Å². The van der Waals surface area contributed by atoms with Crippen LogP contribution in [0.4, 0.5) is 5.69 Å². The van der Waals surface area contributed by atoms with Gasteiger partial charge in [0.1, 0.15) is 10.8 Å². The van der Waals surface area contributed by atoms with E-state index < -0.39 is 16.7 Å². The standard InChI is InChI=1S/C18H17ClN4O5/c1-2-28-14-6-4-13(5-7-14)18(25)20-11-17(24)22-21-10-12-3-8-15(19)16(9-12)23(26)27/h3-10H,2,11H2,1H3,(H,20,25)(H,22,24)/b21-10+. The van der Waals surface area contributed by atoms with Gasteiger partial charge in [-0.2, -0.15) is 5.10 Å². The number of nitro groups is 1. The van der Waals surface area contributed by atoms with Crippen LogP contribution in [-0.2, 0) is 4.79 Å². The van der Waals surface area contributed by atoms with Gasteiger partial charge in [-0.25, -0.2) is 5.43 Å². The molecule has 0 aliphatic carbocycles. The minimum Gasteiger partial charge on any atom is -0.494 e. The van der Waals surface area contributed by atoms with E-state index in [4.69, 9.17) is 16.3 Å². The van der Waals surface area contributed by atoms with Gasteiger partial charge in [0.15, 0.2) is 0 Å². The molecule has 0 heterocycles. The Balaban J connectivity index is 1.84. The number of hydrogen-bond acceptors (Lipinski definition) is 6. The normalized spacial score (nSPS) is 10.5. The summed E-state index contributed by atoms with van der Waals surface area (Å²) < 4.78 is 5.29. The fourth-order valence-electron chi connectivity index (χ4n) is 2.10. The van der Waals surface area contributed by atoms with Crippen LogP contribution in [-0.4, -0.2) is 36.1 Å². The highest BCUT2D eigenvalue weighted by atomic mass is 35.5. The lowest BCUT2D eigenvalue weighted by molar-refractivity contribution is -0.384. The number of carbonyl (C=O) groups is 2. The molecule has 0 fully saturated rings. The number of benzene rings is 2. The SMILES string of the molecule is CCOc1ccc(C(=O)NCC(=O)N/N=C/c2ccc(Cl)c([N+](=O)[O-])c2)cc1. The predicted molar refractivity (Wildman–Crippen MR) is 104 cm³/mol. The average Bonchev–Trinajstić information content (AvgIpc) is 2.68. The highest BCUT2D eigenvalue weighted by Crippen LogP contribution is 2.24. The van der Waals surface area contributed by atoms with E-state index in [2.05, 4.69) is 15.8 Å². The van der Waals surface area contributed by atoms with Crippen LogP contribution in [0.25, 0.3) is 0 Å². The predicted octanol–water partition coefficient (Wildman–Crippen LogP) is 2.53. The second kappa shape index (κ2) is 10.0. The van der Waals surface area contributed by atoms with Crippen molar-refractivity contribution in [3.8, 4) is 5.75 Å². The molecule has 0 aliphatic rings. The summed E-state index contributed by atoms with van der Waals surface area (Å²) in [5.41, 5.74) is 2.72. The van der Waals surface area contributed by atoms with E-state index in [1.807, 2.05) is 6.92 Å². The summed E-state index contributed by atoms with van der Waals surface area (Å²) >= 11 is 5.72. The molecule has 146 valence electrons. The van der Waals surface area contributed by atoms with Gasteiger partial charge in [-0.1, -0.05) is 17.7 Å². The minimum atomic E-state index is -0.616. The fourth-order valence-corrected chi connectivity index (χ4v) is 2.29. The molecule has 2 amide bonds. The zero-order valence-electron chi connectivity index (χ0n) is 14.8. The molecule has 0 unspecified atom stereocenters. The van der Waals surface area contributed by atoms with Gasteiger partial charge in [0.25, 0.3) is 17.5 Å². The lowest BCUT2D eigenvalue weighted by Gasteiger charge is -2.06. The number of hydrazone groups is 1. The van der Waals surface area contributed by atoms with E-state index in [-0.39, 0.29) is 17.3 Å². The Morgan fingerprint density at radius 3 is 2.61 bits per heavy atom. The van der Waals surface area contributed by atoms with Crippen molar-refractivity contribution in [3.63, 3.8) is 0 Å². The Morgan fingerprint density at radius 2 is 1.96 bits per heavy atom. The molecule has 10 heteroatoms. The van der Waals surface area contributed by atoms with Crippen molar-refractivity contribution in [1.29, 1.82) is 0 Å². The molecule has 0 spiro atoms. The molecule has 0 aromatic heterocycles. The number of nitro benzene ring substituents is 1. The van der Waals surface area contributed by atoms with Crippen molar-refractivity contribution in [1.82, 2.24) is 10.7 Å². The van der Waals surface area contributed by atoms with Gasteiger partial charge in [0, 0.05) is 17.2 Å². The molecule has 2 aromatic carbocycles. The van der Waals surface area contributed by atoms with E-state index in [1.54, 1.807) is 24.3 Å². The number of nitrogens with one attached hydrogen (secondary N) is 2. The fraction of sp³-hybridized carbons (Fsp3) is 0.167. The smallest absolute Gasteiger partial charge is 0.288 e. The van der Waals surface area contributed by atoms with E-state index in [0.717, 1.165) is 0 Å². The van der Waals surface area contributed by atoms with Crippen LogP contribution in [0, 0.1) is 10.1 Å². The molecule has 0 bridgehead atoms. The van der Waals surface area contributed by atoms with Gasteiger partial charge in [-0.15, -0.1) is 0 Å². The Morgan fingerprint density at radius 1 is 1.25 bits per heavy atom. The maximum atomic E-state index is 12.0. The van der Waals surface area contributed by atoms with Crippen molar-refractivity contribution in [2.24, 2.45) is 5.10 Å². The van der Waals surface area contributed by atoms with E-state index in [9.17, 15) is 19.7 Å². The van der Waals surface area contributed by atoms with Gasteiger partial charge < -0.3 is 10.1 Å². The van der Waals surface area contributed by atoms with Crippen LogP contribution in [0.1, 0.15) is 22.8 Å². The number of nitrogens with zero attached hydrogens (tertiary/aromatic N) is 2. The zero-order chi connectivity index (χ0) is 20.5. The molecule has 2 N–H and O–H groups in total. The molecule has 0 saturated carbocycles. The Labute approximate surface area is 165 Å². The molecule has 0 aliphatic heterocycles. The molecular weight excluding hydrogens is 388 g/mol. The maximum absolute atomic E-state index is 12.0. The summed E-state index contributed by atoms with van der Waals surface area (Å²) in [6.45, 7) is 2.09. The monoisotopic (exact) mass is 404 g/mol. The second-order valence-corrected chi connectivity index (χ2v) is 5.81. The molecule has 0 atom stereocenters. The largest absolute Gasteiger partial charge is 0.494 e. The number of halogens is 1.